The van der Waals surface area contributed by atoms with Crippen LogP contribution < -0.4 is 0 Å². The summed E-state index contributed by atoms with van der Waals surface area (Å²) in [6.45, 7) is 8.20. The Hall–Kier alpha value is -3.83. The van der Waals surface area contributed by atoms with E-state index in [9.17, 15) is 24.0 Å². The normalized spacial score (nSPS) is 25.5. The number of allylic oxidation sites excluding steroid dienone is 2. The molecule has 4 fully saturated rings. The van der Waals surface area contributed by atoms with Gasteiger partial charge in [0.1, 0.15) is 25.9 Å². The quantitative estimate of drug-likeness (QED) is 0.128. The molecular formula is C38H50N2O9. The number of ether oxygens (including phenoxy) is 4. The van der Waals surface area contributed by atoms with Crippen LogP contribution in [0.5, 0.6) is 0 Å². The number of rotatable bonds is 18. The first-order valence-corrected chi connectivity index (χ1v) is 17.5. The number of hydrogen-bond donors (Lipinski definition) is 0. The van der Waals surface area contributed by atoms with Gasteiger partial charge in [-0.1, -0.05) is 55.3 Å². The zero-order valence-corrected chi connectivity index (χ0v) is 28.6. The molecule has 11 nitrogen and oxygen atoms in total. The van der Waals surface area contributed by atoms with Gasteiger partial charge in [0.25, 0.3) is 5.91 Å². The number of hydrogen-bond acceptors (Lipinski definition) is 9. The number of amides is 2. The molecule has 2 saturated carbocycles. The van der Waals surface area contributed by atoms with Crippen molar-refractivity contribution in [2.75, 3.05) is 40.0 Å². The van der Waals surface area contributed by atoms with E-state index in [0.29, 0.717) is 58.1 Å². The summed E-state index contributed by atoms with van der Waals surface area (Å²) in [5.41, 5.74) is -0.660. The number of carbonyl (C=O) groups excluding carboxylic acids is 5. The summed E-state index contributed by atoms with van der Waals surface area (Å²) in [6.07, 6.45) is 9.02. The van der Waals surface area contributed by atoms with Gasteiger partial charge < -0.3 is 28.7 Å². The zero-order chi connectivity index (χ0) is 35.0. The number of esters is 2. The minimum absolute atomic E-state index is 0.0978. The summed E-state index contributed by atoms with van der Waals surface area (Å²) >= 11 is 0. The van der Waals surface area contributed by atoms with Crippen molar-refractivity contribution in [2.45, 2.75) is 89.0 Å². The number of methoxy groups -OCH3 is 1. The van der Waals surface area contributed by atoms with Gasteiger partial charge in [-0.05, 0) is 56.9 Å². The Bertz CT molecular complexity index is 1380. The first kappa shape index (κ1) is 36.5. The molecule has 1 aromatic rings. The van der Waals surface area contributed by atoms with Gasteiger partial charge in [0.15, 0.2) is 0 Å². The Kier molecular flexibility index (Phi) is 12.1. The van der Waals surface area contributed by atoms with E-state index in [4.69, 9.17) is 18.9 Å². The number of carbonyl (C=O) groups is 5. The number of nitrogens with zero attached hydrogens (tertiary/aromatic N) is 2. The molecule has 2 aliphatic carbocycles. The molecule has 49 heavy (non-hydrogen) atoms. The molecule has 2 saturated heterocycles. The molecule has 5 rings (SSSR count). The van der Waals surface area contributed by atoms with E-state index in [0.717, 1.165) is 24.8 Å². The third kappa shape index (κ3) is 8.32. The van der Waals surface area contributed by atoms with Crippen LogP contribution in [0.2, 0.25) is 0 Å². The van der Waals surface area contributed by atoms with Gasteiger partial charge in [0, 0.05) is 20.2 Å². The standard InChI is InChI=1S/C38H50N2O9/c1-4-12-28(13-5-2)36(45)49-26-38(20-31(38)47-22-27-14-7-6-8-15-27)24-39-21-29-16-11-17-30(34(39)43)40(29)35(44)33(42)37(18-9-10-19-37)25-48-32(41)23-46-3/h4-8,14-15,28-31H,1-2,9-13,16-26H2,3H3/t29?,30?,31?,38-/m1/s1. The molecule has 3 unspecified atom stereocenters. The highest BCUT2D eigenvalue weighted by Gasteiger charge is 2.60. The van der Waals surface area contributed by atoms with Crippen molar-refractivity contribution in [2.24, 2.45) is 16.7 Å². The largest absolute Gasteiger partial charge is 0.465 e. The third-order valence-corrected chi connectivity index (χ3v) is 10.7. The minimum atomic E-state index is -1.09. The maximum Gasteiger partial charge on any atom is 0.332 e. The monoisotopic (exact) mass is 678 g/mol. The molecule has 0 N–H and O–H groups in total. The van der Waals surface area contributed by atoms with Crippen LogP contribution in [0.25, 0.3) is 0 Å². The fourth-order valence-electron chi connectivity index (χ4n) is 7.80. The highest BCUT2D eigenvalue weighted by atomic mass is 16.6. The minimum Gasteiger partial charge on any atom is -0.465 e. The van der Waals surface area contributed by atoms with Crippen molar-refractivity contribution in [1.82, 2.24) is 9.80 Å². The van der Waals surface area contributed by atoms with Gasteiger partial charge >= 0.3 is 11.9 Å². The number of Topliss-reactive ketones (excluding diaryl/α,β-unsaturated/α-hetero) is 1. The van der Waals surface area contributed by atoms with Gasteiger partial charge in [0.05, 0.1) is 35.5 Å². The molecule has 2 amide bonds. The molecule has 1 aromatic carbocycles. The van der Waals surface area contributed by atoms with Crippen molar-refractivity contribution < 1.29 is 42.9 Å². The number of ketones is 1. The van der Waals surface area contributed by atoms with E-state index < -0.39 is 34.5 Å². The zero-order valence-electron chi connectivity index (χ0n) is 28.6. The van der Waals surface area contributed by atoms with Crippen LogP contribution in [0.3, 0.4) is 0 Å². The van der Waals surface area contributed by atoms with Gasteiger partial charge in [-0.2, -0.15) is 0 Å². The lowest BCUT2D eigenvalue weighted by molar-refractivity contribution is -0.168. The molecule has 0 aromatic heterocycles. The van der Waals surface area contributed by atoms with E-state index in [2.05, 4.69) is 13.2 Å². The van der Waals surface area contributed by atoms with Crippen LogP contribution in [0, 0.1) is 16.7 Å². The maximum atomic E-state index is 14.1. The van der Waals surface area contributed by atoms with Crippen molar-refractivity contribution in [3.05, 3.63) is 61.2 Å². The van der Waals surface area contributed by atoms with Crippen molar-refractivity contribution in [1.29, 1.82) is 0 Å². The second-order valence-electron chi connectivity index (χ2n) is 14.1. The molecule has 0 spiro atoms. The number of fused-ring (bicyclic) bond motifs is 2. The van der Waals surface area contributed by atoms with Gasteiger partial charge in [0.2, 0.25) is 11.7 Å². The van der Waals surface area contributed by atoms with E-state index in [1.165, 1.54) is 12.0 Å². The summed E-state index contributed by atoms with van der Waals surface area (Å²) in [5.74, 6) is -2.76. The Morgan fingerprint density at radius 2 is 1.69 bits per heavy atom. The van der Waals surface area contributed by atoms with Gasteiger partial charge in [-0.25, -0.2) is 4.79 Å². The molecule has 2 aliphatic heterocycles. The van der Waals surface area contributed by atoms with Gasteiger partial charge in [-0.3, -0.25) is 19.2 Å². The Labute approximate surface area is 288 Å². The highest BCUT2D eigenvalue weighted by Crippen LogP contribution is 2.51. The smallest absolute Gasteiger partial charge is 0.332 e. The Morgan fingerprint density at radius 1 is 0.980 bits per heavy atom. The number of benzene rings is 1. The summed E-state index contributed by atoms with van der Waals surface area (Å²) in [6, 6.07) is 8.73. The lowest BCUT2D eigenvalue weighted by Gasteiger charge is -2.50. The average Bonchev–Trinajstić information content (AvgIpc) is 3.55. The summed E-state index contributed by atoms with van der Waals surface area (Å²) < 4.78 is 22.4. The lowest BCUT2D eigenvalue weighted by Crippen LogP contribution is -2.67. The maximum absolute atomic E-state index is 14.1. The van der Waals surface area contributed by atoms with Crippen LogP contribution in [0.1, 0.15) is 69.8 Å². The van der Waals surface area contributed by atoms with Crippen molar-refractivity contribution >= 4 is 29.5 Å². The van der Waals surface area contributed by atoms with Crippen LogP contribution in [-0.4, -0.2) is 97.5 Å². The fraction of sp³-hybridized carbons (Fsp3) is 0.605. The highest BCUT2D eigenvalue weighted by molar-refractivity contribution is 6.38. The molecule has 4 atom stereocenters. The van der Waals surface area contributed by atoms with E-state index in [-0.39, 0.29) is 56.3 Å². The number of piperazine rings is 1. The van der Waals surface area contributed by atoms with E-state index in [1.54, 1.807) is 17.1 Å². The number of likely N-dealkylation sites (tertiary alicyclic amines) is 1. The van der Waals surface area contributed by atoms with Crippen LogP contribution in [0.15, 0.2) is 55.6 Å². The SMILES string of the molecule is C=CCC(CC=C)C(=O)OC[C@]1(CN2CC3CCCC(C2=O)N3C(=O)C(=O)C2(COC(=O)COC)CCCC2)CC1OCc1ccccc1. The molecule has 0 radical (unpaired) electrons. The summed E-state index contributed by atoms with van der Waals surface area (Å²) in [4.78, 5) is 70.5. The second kappa shape index (κ2) is 16.3. The van der Waals surface area contributed by atoms with Gasteiger partial charge in [-0.15, -0.1) is 13.2 Å². The Balaban J connectivity index is 1.29. The molecule has 2 bridgehead atoms. The summed E-state index contributed by atoms with van der Waals surface area (Å²) in [7, 11) is 1.39. The van der Waals surface area contributed by atoms with Crippen molar-refractivity contribution in [3.8, 4) is 0 Å². The lowest BCUT2D eigenvalue weighted by atomic mass is 9.80. The number of piperidine rings is 1. The predicted octanol–water partition coefficient (Wildman–Crippen LogP) is 4.18. The van der Waals surface area contributed by atoms with Crippen LogP contribution in [-0.2, 0) is 49.5 Å². The second-order valence-corrected chi connectivity index (χ2v) is 14.1. The van der Waals surface area contributed by atoms with E-state index >= 15 is 0 Å². The van der Waals surface area contributed by atoms with Crippen LogP contribution in [0.4, 0.5) is 0 Å². The van der Waals surface area contributed by atoms with Crippen LogP contribution >= 0.6 is 0 Å². The third-order valence-electron chi connectivity index (χ3n) is 10.7. The van der Waals surface area contributed by atoms with E-state index in [1.807, 2.05) is 30.3 Å². The molecule has 266 valence electrons. The molecule has 2 heterocycles. The average molecular weight is 679 g/mol. The van der Waals surface area contributed by atoms with Crippen molar-refractivity contribution in [3.63, 3.8) is 0 Å². The Morgan fingerprint density at radius 3 is 2.37 bits per heavy atom. The first-order chi connectivity index (χ1) is 23.7. The molecule has 4 aliphatic rings. The fourth-order valence-corrected chi connectivity index (χ4v) is 7.80. The molecular weight excluding hydrogens is 628 g/mol. The predicted molar refractivity (Wildman–Crippen MR) is 180 cm³/mol. The molecule has 11 heteroatoms. The first-order valence-electron chi connectivity index (χ1n) is 17.5. The topological polar surface area (TPSA) is 129 Å². The summed E-state index contributed by atoms with van der Waals surface area (Å²) in [5, 5.41) is 0.